The standard InChI is InChI=1S/C31H33N3O2S/c1-7-20-10-9-11-21(8-2)28(20)34-25-15-31(5,6)16-26(35)22(25)14-23(30(34)36)29-33-27(19(4)37-29)24-13-12-18(3)17-32-24/h9-14,17H,7-8,15-16H2,1-6H3. The van der Waals surface area contributed by atoms with Crippen LogP contribution < -0.4 is 5.56 Å². The molecular formula is C31H33N3O2S. The maximum Gasteiger partial charge on any atom is 0.265 e. The first-order valence-corrected chi connectivity index (χ1v) is 13.8. The summed E-state index contributed by atoms with van der Waals surface area (Å²) in [7, 11) is 0. The van der Waals surface area contributed by atoms with E-state index in [4.69, 9.17) is 4.98 Å². The number of aromatic nitrogens is 3. The van der Waals surface area contributed by atoms with Gasteiger partial charge in [-0.05, 0) is 67.3 Å². The first-order chi connectivity index (χ1) is 17.6. The largest absolute Gasteiger partial charge is 0.294 e. The molecule has 0 bridgehead atoms. The molecule has 0 unspecified atom stereocenters. The molecule has 5 nitrogen and oxygen atoms in total. The van der Waals surface area contributed by atoms with E-state index in [1.165, 1.54) is 11.3 Å². The second-order valence-electron chi connectivity index (χ2n) is 10.8. The highest BCUT2D eigenvalue weighted by Crippen LogP contribution is 2.39. The third-order valence-corrected chi connectivity index (χ3v) is 8.26. The zero-order valence-corrected chi connectivity index (χ0v) is 23.3. The smallest absolute Gasteiger partial charge is 0.265 e. The summed E-state index contributed by atoms with van der Waals surface area (Å²) in [6.07, 6.45) is 4.55. The first-order valence-electron chi connectivity index (χ1n) is 13.0. The number of para-hydroxylation sites is 1. The molecular weight excluding hydrogens is 478 g/mol. The summed E-state index contributed by atoms with van der Waals surface area (Å²) in [4.78, 5) is 38.3. The van der Waals surface area contributed by atoms with E-state index in [2.05, 4.69) is 50.9 Å². The van der Waals surface area contributed by atoms with Gasteiger partial charge in [-0.3, -0.25) is 19.1 Å². The van der Waals surface area contributed by atoms with Gasteiger partial charge in [0.25, 0.3) is 5.56 Å². The second kappa shape index (κ2) is 9.49. The molecule has 0 aliphatic heterocycles. The number of thiazole rings is 1. The van der Waals surface area contributed by atoms with Gasteiger partial charge in [-0.15, -0.1) is 11.3 Å². The fourth-order valence-corrected chi connectivity index (χ4v) is 6.29. The summed E-state index contributed by atoms with van der Waals surface area (Å²) >= 11 is 1.48. The lowest BCUT2D eigenvalue weighted by atomic mass is 9.75. The van der Waals surface area contributed by atoms with Crippen molar-refractivity contribution in [1.29, 1.82) is 0 Å². The minimum atomic E-state index is -0.213. The molecule has 1 aliphatic rings. The van der Waals surface area contributed by atoms with Crippen molar-refractivity contribution < 1.29 is 4.79 Å². The summed E-state index contributed by atoms with van der Waals surface area (Å²) in [5, 5.41) is 0.626. The molecule has 4 aromatic rings. The average molecular weight is 512 g/mol. The van der Waals surface area contributed by atoms with E-state index < -0.39 is 0 Å². The van der Waals surface area contributed by atoms with E-state index in [-0.39, 0.29) is 16.8 Å². The van der Waals surface area contributed by atoms with Gasteiger partial charge in [-0.25, -0.2) is 4.98 Å². The van der Waals surface area contributed by atoms with Gasteiger partial charge in [0.1, 0.15) is 10.7 Å². The van der Waals surface area contributed by atoms with Crippen LogP contribution in [-0.2, 0) is 19.3 Å². The molecule has 1 aromatic carbocycles. The molecule has 3 aromatic heterocycles. The van der Waals surface area contributed by atoms with E-state index in [0.717, 1.165) is 57.2 Å². The van der Waals surface area contributed by atoms with Crippen LogP contribution in [0.1, 0.15) is 71.7 Å². The Hall–Kier alpha value is -3.38. The Bertz CT molecular complexity index is 1550. The number of hydrogen-bond donors (Lipinski definition) is 0. The number of Topliss-reactive ketones (excluding diaryl/α,β-unsaturated/α-hetero) is 1. The van der Waals surface area contributed by atoms with E-state index in [0.29, 0.717) is 29.0 Å². The van der Waals surface area contributed by atoms with Crippen LogP contribution in [-0.4, -0.2) is 20.3 Å². The Morgan fingerprint density at radius 2 is 1.68 bits per heavy atom. The predicted molar refractivity (Wildman–Crippen MR) is 151 cm³/mol. The summed E-state index contributed by atoms with van der Waals surface area (Å²) in [5.41, 5.74) is 7.40. The molecule has 0 amide bonds. The highest BCUT2D eigenvalue weighted by atomic mass is 32.1. The number of pyridine rings is 2. The Labute approximate surface area is 222 Å². The molecule has 0 saturated heterocycles. The third-order valence-electron chi connectivity index (χ3n) is 7.26. The van der Waals surface area contributed by atoms with Gasteiger partial charge in [0.05, 0.1) is 16.9 Å². The number of fused-ring (bicyclic) bond motifs is 1. The minimum absolute atomic E-state index is 0.0852. The van der Waals surface area contributed by atoms with Crippen LogP contribution in [0, 0.1) is 19.3 Å². The van der Waals surface area contributed by atoms with Crippen LogP contribution >= 0.6 is 11.3 Å². The molecule has 6 heteroatoms. The first kappa shape index (κ1) is 25.3. The molecule has 3 heterocycles. The van der Waals surface area contributed by atoms with E-state index in [9.17, 15) is 9.59 Å². The van der Waals surface area contributed by atoms with Crippen molar-refractivity contribution in [2.24, 2.45) is 5.41 Å². The second-order valence-corrected chi connectivity index (χ2v) is 12.0. The van der Waals surface area contributed by atoms with Crippen molar-refractivity contribution in [2.75, 3.05) is 0 Å². The molecule has 37 heavy (non-hydrogen) atoms. The molecule has 0 fully saturated rings. The summed E-state index contributed by atoms with van der Waals surface area (Å²) < 4.78 is 1.85. The predicted octanol–water partition coefficient (Wildman–Crippen LogP) is 6.92. The van der Waals surface area contributed by atoms with Gasteiger partial charge in [0.15, 0.2) is 5.78 Å². The van der Waals surface area contributed by atoms with Crippen molar-refractivity contribution in [3.63, 3.8) is 0 Å². The Morgan fingerprint density at radius 3 is 2.30 bits per heavy atom. The van der Waals surface area contributed by atoms with Crippen LogP contribution in [0.2, 0.25) is 0 Å². The lowest BCUT2D eigenvalue weighted by Crippen LogP contribution is -2.35. The van der Waals surface area contributed by atoms with Gasteiger partial charge < -0.3 is 0 Å². The van der Waals surface area contributed by atoms with Crippen LogP contribution in [0.3, 0.4) is 0 Å². The van der Waals surface area contributed by atoms with Gasteiger partial charge in [0, 0.05) is 28.8 Å². The normalized spacial score (nSPS) is 14.6. The van der Waals surface area contributed by atoms with E-state index >= 15 is 0 Å². The van der Waals surface area contributed by atoms with Crippen molar-refractivity contribution in [3.05, 3.63) is 85.8 Å². The lowest BCUT2D eigenvalue weighted by molar-refractivity contribution is 0.0909. The van der Waals surface area contributed by atoms with Crippen molar-refractivity contribution in [3.8, 4) is 27.6 Å². The number of carbonyl (C=O) groups is 1. The molecule has 0 spiro atoms. The number of rotatable bonds is 5. The maximum atomic E-state index is 14.4. The Morgan fingerprint density at radius 1 is 0.973 bits per heavy atom. The Balaban J connectivity index is 1.81. The summed E-state index contributed by atoms with van der Waals surface area (Å²) in [6, 6.07) is 12.0. The minimum Gasteiger partial charge on any atom is -0.294 e. The van der Waals surface area contributed by atoms with Crippen LogP contribution in [0.4, 0.5) is 0 Å². The van der Waals surface area contributed by atoms with Gasteiger partial charge in [-0.2, -0.15) is 0 Å². The van der Waals surface area contributed by atoms with Gasteiger partial charge >= 0.3 is 0 Å². The molecule has 0 radical (unpaired) electrons. The third kappa shape index (κ3) is 4.48. The molecule has 0 atom stereocenters. The number of carbonyl (C=O) groups excluding carboxylic acids is 1. The van der Waals surface area contributed by atoms with Crippen molar-refractivity contribution in [1.82, 2.24) is 14.5 Å². The van der Waals surface area contributed by atoms with Crippen LogP contribution in [0.15, 0.2) is 47.4 Å². The number of aryl methyl sites for hydroxylation is 4. The quantitative estimate of drug-likeness (QED) is 0.292. The van der Waals surface area contributed by atoms with Crippen molar-refractivity contribution >= 4 is 17.1 Å². The summed E-state index contributed by atoms with van der Waals surface area (Å²) in [6.45, 7) is 12.4. The number of nitrogens with zero attached hydrogens (tertiary/aromatic N) is 3. The SMILES string of the molecule is CCc1cccc(CC)c1-n1c2c(cc(-c3nc(-c4ccc(C)cn4)c(C)s3)c1=O)C(=O)CC(C)(C)C2. The fourth-order valence-electron chi connectivity index (χ4n) is 5.36. The maximum absolute atomic E-state index is 14.4. The molecule has 5 rings (SSSR count). The fraction of sp³-hybridized carbons (Fsp3) is 0.355. The van der Waals surface area contributed by atoms with E-state index in [1.54, 1.807) is 6.07 Å². The summed E-state index contributed by atoms with van der Waals surface area (Å²) in [5.74, 6) is 0.0852. The zero-order valence-electron chi connectivity index (χ0n) is 22.4. The number of hydrogen-bond acceptors (Lipinski definition) is 5. The molecule has 190 valence electrons. The average Bonchev–Trinajstić information content (AvgIpc) is 3.24. The van der Waals surface area contributed by atoms with E-state index in [1.807, 2.05) is 36.7 Å². The highest BCUT2D eigenvalue weighted by Gasteiger charge is 2.35. The Kier molecular flexibility index (Phi) is 6.48. The van der Waals surface area contributed by atoms with Crippen LogP contribution in [0.5, 0.6) is 0 Å². The molecule has 0 N–H and O–H groups in total. The number of benzene rings is 1. The monoisotopic (exact) mass is 511 g/mol. The van der Waals surface area contributed by atoms with Gasteiger partial charge in [-0.1, -0.05) is 52.0 Å². The van der Waals surface area contributed by atoms with Crippen molar-refractivity contribution in [2.45, 2.75) is 67.2 Å². The van der Waals surface area contributed by atoms with Gasteiger partial charge in [0.2, 0.25) is 0 Å². The van der Waals surface area contributed by atoms with Crippen LogP contribution in [0.25, 0.3) is 27.6 Å². The molecule has 0 saturated carbocycles. The lowest BCUT2D eigenvalue weighted by Gasteiger charge is -2.33. The number of ketones is 1. The zero-order chi connectivity index (χ0) is 26.5. The molecule has 1 aliphatic carbocycles. The topological polar surface area (TPSA) is 64.8 Å². The highest BCUT2D eigenvalue weighted by molar-refractivity contribution is 7.15.